The Labute approximate surface area is 112 Å². The van der Waals surface area contributed by atoms with Gasteiger partial charge >= 0.3 is 5.97 Å². The quantitative estimate of drug-likeness (QED) is 0.484. The number of ether oxygens (including phenoxy) is 1. The lowest BCUT2D eigenvalue weighted by Gasteiger charge is -2.12. The van der Waals surface area contributed by atoms with Gasteiger partial charge in [0.05, 0.1) is 13.2 Å². The molecule has 0 saturated carbocycles. The van der Waals surface area contributed by atoms with Crippen molar-refractivity contribution in [1.82, 2.24) is 0 Å². The Balaban J connectivity index is 2.91. The highest BCUT2D eigenvalue weighted by molar-refractivity contribution is 5.86. The summed E-state index contributed by atoms with van der Waals surface area (Å²) >= 11 is 0. The lowest BCUT2D eigenvalue weighted by molar-refractivity contribution is -0.134. The molecule has 0 aromatic heterocycles. The normalized spacial score (nSPS) is 12.4. The summed E-state index contributed by atoms with van der Waals surface area (Å²) in [5.74, 6) is -0.341. The average molecular weight is 262 g/mol. The fraction of sp³-hybridized carbons (Fsp3) is 0.267. The first-order valence-corrected chi connectivity index (χ1v) is 5.85. The van der Waals surface area contributed by atoms with E-state index in [1.54, 1.807) is 25.1 Å². The summed E-state index contributed by atoms with van der Waals surface area (Å²) in [6.07, 6.45) is 2.46. The molecule has 0 unspecified atom stereocenters. The van der Waals surface area contributed by atoms with Gasteiger partial charge in [0.2, 0.25) is 0 Å². The van der Waals surface area contributed by atoms with Crippen molar-refractivity contribution >= 4 is 12.0 Å². The molecule has 1 atom stereocenters. The van der Waals surface area contributed by atoms with Crippen LogP contribution in [0, 0.1) is 0 Å². The summed E-state index contributed by atoms with van der Waals surface area (Å²) in [5, 5.41) is 19.5. The van der Waals surface area contributed by atoms with Gasteiger partial charge in [-0.3, -0.25) is 0 Å². The van der Waals surface area contributed by atoms with Crippen molar-refractivity contribution in [2.45, 2.75) is 19.4 Å². The highest BCUT2D eigenvalue weighted by Crippen LogP contribution is 2.22. The van der Waals surface area contributed by atoms with Gasteiger partial charge in [0.15, 0.2) is 0 Å². The summed E-state index contributed by atoms with van der Waals surface area (Å²) in [4.78, 5) is 11.0. The van der Waals surface area contributed by atoms with Crippen LogP contribution in [0.25, 0.3) is 6.08 Å². The molecule has 0 aliphatic rings. The number of rotatable bonds is 5. The molecule has 1 rings (SSSR count). The number of carbonyl (C=O) groups excluding carboxylic acids is 1. The largest absolute Gasteiger partial charge is 0.508 e. The maximum atomic E-state index is 11.0. The minimum absolute atomic E-state index is 0.107. The average Bonchev–Trinajstić information content (AvgIpc) is 2.38. The number of hydrogen-bond donors (Lipinski definition) is 2. The second-order valence-corrected chi connectivity index (χ2v) is 4.31. The van der Waals surface area contributed by atoms with Crippen molar-refractivity contribution in [3.8, 4) is 5.75 Å². The summed E-state index contributed by atoms with van der Waals surface area (Å²) in [7, 11) is 1.30. The van der Waals surface area contributed by atoms with E-state index in [1.807, 2.05) is 0 Å². The summed E-state index contributed by atoms with van der Waals surface area (Å²) in [5.41, 5.74) is 1.98. The maximum absolute atomic E-state index is 11.0. The smallest absolute Gasteiger partial charge is 0.330 e. The standard InChI is InChI=1S/C15H18O4/c1-10(2)14(17)9-12-8-11(4-6-13(12)16)5-7-15(18)19-3/h4-8,14,16-17H,1,9H2,2-3H3/b7-5+/t14-/m1/s1. The van der Waals surface area contributed by atoms with E-state index in [-0.39, 0.29) is 12.2 Å². The van der Waals surface area contributed by atoms with Crippen LogP contribution < -0.4 is 0 Å². The Morgan fingerprint density at radius 1 is 1.53 bits per heavy atom. The Hall–Kier alpha value is -2.07. The van der Waals surface area contributed by atoms with Crippen LogP contribution in [0.2, 0.25) is 0 Å². The number of aromatic hydroxyl groups is 1. The molecule has 1 aromatic rings. The number of aliphatic hydroxyl groups excluding tert-OH is 1. The van der Waals surface area contributed by atoms with Crippen molar-refractivity contribution in [3.05, 3.63) is 47.6 Å². The first kappa shape index (κ1) is 15.0. The van der Waals surface area contributed by atoms with E-state index in [2.05, 4.69) is 11.3 Å². The van der Waals surface area contributed by atoms with E-state index >= 15 is 0 Å². The van der Waals surface area contributed by atoms with E-state index in [4.69, 9.17) is 0 Å². The number of phenolic OH excluding ortho intramolecular Hbond substituents is 1. The van der Waals surface area contributed by atoms with E-state index in [0.29, 0.717) is 11.1 Å². The molecule has 2 N–H and O–H groups in total. The molecule has 0 fully saturated rings. The lowest BCUT2D eigenvalue weighted by atomic mass is 10.0. The van der Waals surface area contributed by atoms with E-state index in [1.165, 1.54) is 19.3 Å². The minimum atomic E-state index is -0.703. The molecular formula is C15H18O4. The molecule has 0 aliphatic carbocycles. The molecular weight excluding hydrogens is 244 g/mol. The third-order valence-corrected chi connectivity index (χ3v) is 2.70. The van der Waals surface area contributed by atoms with Crippen molar-refractivity contribution < 1.29 is 19.7 Å². The molecule has 0 heterocycles. The Kier molecular flexibility index (Phi) is 5.33. The second kappa shape index (κ2) is 6.75. The number of phenols is 1. The Bertz CT molecular complexity index is 503. The topological polar surface area (TPSA) is 66.8 Å². The predicted octanol–water partition coefficient (Wildman–Crippen LogP) is 2.06. The van der Waals surface area contributed by atoms with Crippen LogP contribution in [0.3, 0.4) is 0 Å². The number of methoxy groups -OCH3 is 1. The zero-order valence-corrected chi connectivity index (χ0v) is 11.1. The van der Waals surface area contributed by atoms with Crippen LogP contribution in [0.1, 0.15) is 18.1 Å². The molecule has 102 valence electrons. The molecule has 0 aliphatic heterocycles. The second-order valence-electron chi connectivity index (χ2n) is 4.31. The van der Waals surface area contributed by atoms with Crippen LogP contribution in [0.15, 0.2) is 36.4 Å². The number of carbonyl (C=O) groups is 1. The van der Waals surface area contributed by atoms with E-state index in [0.717, 1.165) is 5.56 Å². The van der Waals surface area contributed by atoms with Gasteiger partial charge in [-0.15, -0.1) is 0 Å². The molecule has 0 radical (unpaired) electrons. The molecule has 0 bridgehead atoms. The predicted molar refractivity (Wildman–Crippen MR) is 73.7 cm³/mol. The highest BCUT2D eigenvalue weighted by atomic mass is 16.5. The number of aliphatic hydroxyl groups is 1. The van der Waals surface area contributed by atoms with Crippen molar-refractivity contribution in [3.63, 3.8) is 0 Å². The van der Waals surface area contributed by atoms with Crippen LogP contribution in [-0.4, -0.2) is 29.4 Å². The van der Waals surface area contributed by atoms with Crippen LogP contribution in [0.4, 0.5) is 0 Å². The third-order valence-electron chi connectivity index (χ3n) is 2.70. The fourth-order valence-electron chi connectivity index (χ4n) is 1.49. The monoisotopic (exact) mass is 262 g/mol. The van der Waals surface area contributed by atoms with Crippen molar-refractivity contribution in [1.29, 1.82) is 0 Å². The van der Waals surface area contributed by atoms with Gasteiger partial charge in [-0.2, -0.15) is 0 Å². The first-order chi connectivity index (χ1) is 8.93. The van der Waals surface area contributed by atoms with Crippen LogP contribution in [0.5, 0.6) is 5.75 Å². The summed E-state index contributed by atoms with van der Waals surface area (Å²) < 4.78 is 4.50. The molecule has 4 heteroatoms. The van der Waals surface area contributed by atoms with Crippen LogP contribution in [-0.2, 0) is 16.0 Å². The van der Waals surface area contributed by atoms with Crippen LogP contribution >= 0.6 is 0 Å². The number of esters is 1. The van der Waals surface area contributed by atoms with Gasteiger partial charge in [-0.1, -0.05) is 18.2 Å². The zero-order chi connectivity index (χ0) is 14.4. The Morgan fingerprint density at radius 3 is 2.79 bits per heavy atom. The minimum Gasteiger partial charge on any atom is -0.508 e. The Morgan fingerprint density at radius 2 is 2.21 bits per heavy atom. The fourth-order valence-corrected chi connectivity index (χ4v) is 1.49. The lowest BCUT2D eigenvalue weighted by Crippen LogP contribution is -2.11. The molecule has 0 saturated heterocycles. The van der Waals surface area contributed by atoms with Gasteiger partial charge in [0, 0.05) is 12.5 Å². The molecule has 4 nitrogen and oxygen atoms in total. The SMILES string of the molecule is C=C(C)[C@H](O)Cc1cc(/C=C/C(=O)OC)ccc1O. The molecule has 0 amide bonds. The summed E-state index contributed by atoms with van der Waals surface area (Å²) in [6, 6.07) is 4.91. The van der Waals surface area contributed by atoms with E-state index < -0.39 is 12.1 Å². The van der Waals surface area contributed by atoms with Crippen molar-refractivity contribution in [2.24, 2.45) is 0 Å². The van der Waals surface area contributed by atoms with Gasteiger partial charge < -0.3 is 14.9 Å². The first-order valence-electron chi connectivity index (χ1n) is 5.85. The molecule has 1 aromatic carbocycles. The van der Waals surface area contributed by atoms with Gasteiger partial charge in [-0.05, 0) is 36.3 Å². The molecule has 0 spiro atoms. The zero-order valence-electron chi connectivity index (χ0n) is 11.1. The van der Waals surface area contributed by atoms with Crippen molar-refractivity contribution in [2.75, 3.05) is 7.11 Å². The maximum Gasteiger partial charge on any atom is 0.330 e. The molecule has 19 heavy (non-hydrogen) atoms. The van der Waals surface area contributed by atoms with Gasteiger partial charge in [-0.25, -0.2) is 4.79 Å². The van der Waals surface area contributed by atoms with E-state index in [9.17, 15) is 15.0 Å². The number of hydrogen-bond acceptors (Lipinski definition) is 4. The third kappa shape index (κ3) is 4.60. The summed E-state index contributed by atoms with van der Waals surface area (Å²) in [6.45, 7) is 5.39. The van der Waals surface area contributed by atoms with Gasteiger partial charge in [0.25, 0.3) is 0 Å². The van der Waals surface area contributed by atoms with Gasteiger partial charge in [0.1, 0.15) is 5.75 Å². The number of benzene rings is 1. The highest BCUT2D eigenvalue weighted by Gasteiger charge is 2.10.